The largest absolute Gasteiger partial charge is 0.428 e. The van der Waals surface area contributed by atoms with Crippen LogP contribution >= 0.6 is 0 Å². The minimum absolute atomic E-state index is 0.612. The van der Waals surface area contributed by atoms with E-state index in [9.17, 15) is 0 Å². The summed E-state index contributed by atoms with van der Waals surface area (Å²) in [6, 6.07) is 5.85. The average molecular weight is 209 g/mol. The van der Waals surface area contributed by atoms with Gasteiger partial charge in [-0.25, -0.2) is 0 Å². The quantitative estimate of drug-likeness (QED) is 0.811. The minimum atomic E-state index is -0.612. The maximum Gasteiger partial charge on any atom is 0.360 e. The molecule has 82 valence electrons. The highest BCUT2D eigenvalue weighted by molar-refractivity contribution is 5.48. The Morgan fingerprint density at radius 1 is 1.40 bits per heavy atom. The molecule has 1 aromatic rings. The predicted octanol–water partition coefficient (Wildman–Crippen LogP) is 1.28. The van der Waals surface area contributed by atoms with E-state index in [1.807, 2.05) is 18.2 Å². The summed E-state index contributed by atoms with van der Waals surface area (Å²) in [5, 5.41) is 0. The number of para-hydroxylation sites is 1. The SMILES string of the molecule is COC1Oc2cccc(CCCN)c2O1. The molecule has 0 spiro atoms. The molecule has 1 aliphatic rings. The predicted molar refractivity (Wildman–Crippen MR) is 55.9 cm³/mol. The van der Waals surface area contributed by atoms with E-state index < -0.39 is 6.48 Å². The maximum absolute atomic E-state index is 5.50. The van der Waals surface area contributed by atoms with Gasteiger partial charge in [-0.2, -0.15) is 0 Å². The van der Waals surface area contributed by atoms with Crippen LogP contribution in [0.25, 0.3) is 0 Å². The van der Waals surface area contributed by atoms with Gasteiger partial charge in [-0.05, 0) is 31.0 Å². The Kier molecular flexibility index (Phi) is 3.08. The summed E-state index contributed by atoms with van der Waals surface area (Å²) in [4.78, 5) is 0. The van der Waals surface area contributed by atoms with Crippen LogP contribution in [-0.4, -0.2) is 20.1 Å². The van der Waals surface area contributed by atoms with Crippen LogP contribution in [0.3, 0.4) is 0 Å². The molecule has 1 atom stereocenters. The van der Waals surface area contributed by atoms with Crippen LogP contribution in [0.5, 0.6) is 11.5 Å². The number of rotatable bonds is 4. The third kappa shape index (κ3) is 2.06. The first-order valence-electron chi connectivity index (χ1n) is 5.03. The van der Waals surface area contributed by atoms with Gasteiger partial charge in [0.2, 0.25) is 0 Å². The second-order valence-corrected chi connectivity index (χ2v) is 3.40. The number of hydrogen-bond donors (Lipinski definition) is 1. The highest BCUT2D eigenvalue weighted by Crippen LogP contribution is 2.38. The van der Waals surface area contributed by atoms with Crippen LogP contribution in [0.4, 0.5) is 0 Å². The average Bonchev–Trinajstić information content (AvgIpc) is 2.69. The molecule has 1 unspecified atom stereocenters. The zero-order valence-corrected chi connectivity index (χ0v) is 8.73. The third-order valence-electron chi connectivity index (χ3n) is 2.34. The molecule has 0 aromatic heterocycles. The molecule has 2 N–H and O–H groups in total. The Morgan fingerprint density at radius 3 is 3.00 bits per heavy atom. The lowest BCUT2D eigenvalue weighted by atomic mass is 10.1. The minimum Gasteiger partial charge on any atom is -0.428 e. The topological polar surface area (TPSA) is 53.7 Å². The fourth-order valence-corrected chi connectivity index (χ4v) is 1.60. The molecular weight excluding hydrogens is 194 g/mol. The molecule has 0 amide bonds. The standard InChI is InChI=1S/C11H15NO3/c1-13-11-14-9-6-2-4-8(5-3-7-12)10(9)15-11/h2,4,6,11H,3,5,7,12H2,1H3. The van der Waals surface area contributed by atoms with Crippen molar-refractivity contribution in [3.63, 3.8) is 0 Å². The van der Waals surface area contributed by atoms with Crippen LogP contribution in [0, 0.1) is 0 Å². The van der Waals surface area contributed by atoms with Crippen molar-refractivity contribution in [2.45, 2.75) is 19.3 Å². The lowest BCUT2D eigenvalue weighted by Crippen LogP contribution is -2.19. The zero-order valence-electron chi connectivity index (χ0n) is 8.73. The van der Waals surface area contributed by atoms with Gasteiger partial charge >= 0.3 is 6.48 Å². The second kappa shape index (κ2) is 4.51. The van der Waals surface area contributed by atoms with Gasteiger partial charge in [0, 0.05) is 7.11 Å². The van der Waals surface area contributed by atoms with Crippen LogP contribution in [0.2, 0.25) is 0 Å². The molecule has 0 radical (unpaired) electrons. The fraction of sp³-hybridized carbons (Fsp3) is 0.455. The van der Waals surface area contributed by atoms with E-state index in [-0.39, 0.29) is 0 Å². The van der Waals surface area contributed by atoms with Gasteiger partial charge in [0.05, 0.1) is 0 Å². The second-order valence-electron chi connectivity index (χ2n) is 3.40. The van der Waals surface area contributed by atoms with Crippen LogP contribution in [0.1, 0.15) is 12.0 Å². The van der Waals surface area contributed by atoms with Crippen molar-refractivity contribution in [3.8, 4) is 11.5 Å². The number of ether oxygens (including phenoxy) is 3. The Hall–Kier alpha value is -1.26. The number of hydrogen-bond acceptors (Lipinski definition) is 4. The first-order valence-corrected chi connectivity index (χ1v) is 5.03. The van der Waals surface area contributed by atoms with Crippen LogP contribution < -0.4 is 15.2 Å². The summed E-state index contributed by atoms with van der Waals surface area (Å²) in [5.74, 6) is 1.54. The van der Waals surface area contributed by atoms with Crippen molar-refractivity contribution in [2.24, 2.45) is 5.73 Å². The van der Waals surface area contributed by atoms with E-state index in [2.05, 4.69) is 0 Å². The lowest BCUT2D eigenvalue weighted by Gasteiger charge is -2.07. The van der Waals surface area contributed by atoms with E-state index >= 15 is 0 Å². The summed E-state index contributed by atoms with van der Waals surface area (Å²) in [6.45, 7) is 0.0668. The summed E-state index contributed by atoms with van der Waals surface area (Å²) >= 11 is 0. The van der Waals surface area contributed by atoms with E-state index in [1.54, 1.807) is 7.11 Å². The number of nitrogens with two attached hydrogens (primary N) is 1. The fourth-order valence-electron chi connectivity index (χ4n) is 1.60. The summed E-state index contributed by atoms with van der Waals surface area (Å²) in [7, 11) is 1.55. The molecule has 1 heterocycles. The Balaban J connectivity index is 2.17. The van der Waals surface area contributed by atoms with Crippen molar-refractivity contribution in [2.75, 3.05) is 13.7 Å². The third-order valence-corrected chi connectivity index (χ3v) is 2.34. The van der Waals surface area contributed by atoms with E-state index in [1.165, 1.54) is 0 Å². The van der Waals surface area contributed by atoms with E-state index in [0.717, 1.165) is 29.9 Å². The first-order chi connectivity index (χ1) is 7.35. The number of aryl methyl sites for hydroxylation is 1. The van der Waals surface area contributed by atoms with Crippen molar-refractivity contribution in [1.82, 2.24) is 0 Å². The molecule has 0 saturated heterocycles. The van der Waals surface area contributed by atoms with Crippen LogP contribution in [-0.2, 0) is 11.2 Å². The molecular formula is C11H15NO3. The summed E-state index contributed by atoms with van der Waals surface area (Å²) in [6.07, 6.45) is 1.84. The van der Waals surface area contributed by atoms with Gasteiger partial charge in [0.15, 0.2) is 11.5 Å². The molecule has 4 nitrogen and oxygen atoms in total. The van der Waals surface area contributed by atoms with Crippen molar-refractivity contribution in [1.29, 1.82) is 0 Å². The summed E-state index contributed by atoms with van der Waals surface area (Å²) in [5.41, 5.74) is 6.60. The molecule has 0 saturated carbocycles. The summed E-state index contributed by atoms with van der Waals surface area (Å²) < 4.78 is 15.9. The molecule has 0 aliphatic carbocycles. The normalized spacial score (nSPS) is 18.1. The Bertz CT molecular complexity index is 341. The molecule has 1 aromatic carbocycles. The molecule has 1 aliphatic heterocycles. The molecule has 15 heavy (non-hydrogen) atoms. The van der Waals surface area contributed by atoms with E-state index in [4.69, 9.17) is 19.9 Å². The monoisotopic (exact) mass is 209 g/mol. The van der Waals surface area contributed by atoms with Crippen molar-refractivity contribution >= 4 is 0 Å². The number of methoxy groups -OCH3 is 1. The van der Waals surface area contributed by atoms with Crippen molar-refractivity contribution < 1.29 is 14.2 Å². The van der Waals surface area contributed by atoms with Gasteiger partial charge in [-0.1, -0.05) is 12.1 Å². The molecule has 0 fully saturated rings. The van der Waals surface area contributed by atoms with Gasteiger partial charge < -0.3 is 19.9 Å². The number of benzene rings is 1. The van der Waals surface area contributed by atoms with Gasteiger partial charge in [0.25, 0.3) is 0 Å². The highest BCUT2D eigenvalue weighted by Gasteiger charge is 2.25. The lowest BCUT2D eigenvalue weighted by molar-refractivity contribution is -0.158. The maximum atomic E-state index is 5.50. The van der Waals surface area contributed by atoms with Gasteiger partial charge in [0.1, 0.15) is 0 Å². The van der Waals surface area contributed by atoms with Gasteiger partial charge in [-0.3, -0.25) is 0 Å². The van der Waals surface area contributed by atoms with Crippen molar-refractivity contribution in [3.05, 3.63) is 23.8 Å². The zero-order chi connectivity index (χ0) is 10.7. The molecule has 2 rings (SSSR count). The number of fused-ring (bicyclic) bond motifs is 1. The smallest absolute Gasteiger partial charge is 0.360 e. The Morgan fingerprint density at radius 2 is 2.27 bits per heavy atom. The molecule has 4 heteroatoms. The first kappa shape index (κ1) is 10.3. The molecule has 0 bridgehead atoms. The highest BCUT2D eigenvalue weighted by atomic mass is 16.9. The van der Waals surface area contributed by atoms with Gasteiger partial charge in [-0.15, -0.1) is 0 Å². The van der Waals surface area contributed by atoms with E-state index in [0.29, 0.717) is 6.54 Å². The van der Waals surface area contributed by atoms with Crippen LogP contribution in [0.15, 0.2) is 18.2 Å². The Labute approximate surface area is 88.9 Å².